The number of alkyl halides is 2. The summed E-state index contributed by atoms with van der Waals surface area (Å²) >= 11 is 13.0. The summed E-state index contributed by atoms with van der Waals surface area (Å²) in [6.45, 7) is 0. The normalized spacial score (nSPS) is 73.4. The highest BCUT2D eigenvalue weighted by molar-refractivity contribution is 6.49. The zero-order valence-corrected chi connectivity index (χ0v) is 9.00. The van der Waals surface area contributed by atoms with E-state index in [-0.39, 0.29) is 11.8 Å². The van der Waals surface area contributed by atoms with Gasteiger partial charge in [-0.3, -0.25) is 4.79 Å². The van der Waals surface area contributed by atoms with Crippen LogP contribution in [0, 0.1) is 47.3 Å². The molecule has 0 spiro atoms. The molecule has 0 N–H and O–H groups in total. The fourth-order valence-electron chi connectivity index (χ4n) is 6.07. The Morgan fingerprint density at radius 3 is 2.64 bits per heavy atom. The number of Topliss-reactive ketones (excluding diaryl/α,β-unsaturated/α-hetero) is 1. The van der Waals surface area contributed by atoms with E-state index in [1.54, 1.807) is 0 Å². The summed E-state index contributed by atoms with van der Waals surface area (Å²) in [5, 5.41) is 0. The van der Waals surface area contributed by atoms with Gasteiger partial charge in [-0.25, -0.2) is 0 Å². The molecule has 0 aromatic heterocycles. The Bertz CT molecular complexity index is 391. The molecule has 0 aromatic carbocycles. The molecule has 5 fully saturated rings. The molecule has 5 aliphatic carbocycles. The molecule has 14 heavy (non-hydrogen) atoms. The summed E-state index contributed by atoms with van der Waals surface area (Å²) in [7, 11) is 0. The first-order valence-electron chi connectivity index (χ1n) is 5.55. The number of ketones is 1. The molecule has 0 aliphatic heterocycles. The Morgan fingerprint density at radius 2 is 1.86 bits per heavy atom. The Balaban J connectivity index is 1.87. The van der Waals surface area contributed by atoms with Crippen LogP contribution in [-0.4, -0.2) is 10.1 Å². The number of fused-ring (bicyclic) bond motifs is 2. The highest BCUT2D eigenvalue weighted by atomic mass is 35.5. The van der Waals surface area contributed by atoms with Gasteiger partial charge in [0.25, 0.3) is 0 Å². The van der Waals surface area contributed by atoms with Crippen molar-refractivity contribution in [1.82, 2.24) is 0 Å². The van der Waals surface area contributed by atoms with Gasteiger partial charge in [0.05, 0.1) is 0 Å². The van der Waals surface area contributed by atoms with E-state index in [0.717, 1.165) is 5.92 Å². The zero-order valence-electron chi connectivity index (χ0n) is 7.49. The van der Waals surface area contributed by atoms with Crippen molar-refractivity contribution in [2.75, 3.05) is 0 Å². The lowest BCUT2D eigenvalue weighted by atomic mass is 9.59. The molecular formula is C11H10Cl2O. The molecular weight excluding hydrogens is 219 g/mol. The second-order valence-electron chi connectivity index (χ2n) is 5.90. The van der Waals surface area contributed by atoms with E-state index in [9.17, 15) is 4.79 Å². The quantitative estimate of drug-likeness (QED) is 0.581. The topological polar surface area (TPSA) is 17.1 Å². The van der Waals surface area contributed by atoms with Crippen LogP contribution < -0.4 is 0 Å². The van der Waals surface area contributed by atoms with Gasteiger partial charge in [-0.15, -0.1) is 23.2 Å². The largest absolute Gasteiger partial charge is 0.299 e. The molecule has 8 atom stereocenters. The maximum Gasteiger partial charge on any atom is 0.140 e. The minimum atomic E-state index is -0.541. The molecule has 0 amide bonds. The van der Waals surface area contributed by atoms with Crippen LogP contribution in [0.25, 0.3) is 0 Å². The Morgan fingerprint density at radius 1 is 1.07 bits per heavy atom. The summed E-state index contributed by atoms with van der Waals surface area (Å²) in [4.78, 5) is 12.1. The summed E-state index contributed by atoms with van der Waals surface area (Å²) in [6.07, 6.45) is 1.25. The molecule has 5 aliphatic rings. The smallest absolute Gasteiger partial charge is 0.140 e. The van der Waals surface area contributed by atoms with Gasteiger partial charge in [-0.05, 0) is 30.1 Å². The molecule has 5 saturated carbocycles. The van der Waals surface area contributed by atoms with E-state index in [2.05, 4.69) is 0 Å². The van der Waals surface area contributed by atoms with Crippen molar-refractivity contribution in [1.29, 1.82) is 0 Å². The van der Waals surface area contributed by atoms with Crippen LogP contribution in [0.5, 0.6) is 0 Å². The van der Waals surface area contributed by atoms with Crippen molar-refractivity contribution in [2.45, 2.75) is 10.8 Å². The van der Waals surface area contributed by atoms with Crippen LogP contribution in [0.1, 0.15) is 6.42 Å². The van der Waals surface area contributed by atoms with Crippen LogP contribution in [0.4, 0.5) is 0 Å². The summed E-state index contributed by atoms with van der Waals surface area (Å²) < 4.78 is -0.541. The minimum absolute atomic E-state index is 0.264. The van der Waals surface area contributed by atoms with Gasteiger partial charge in [-0.1, -0.05) is 0 Å². The standard InChI is InChI=1S/C11H10Cl2O/c12-11(13)8-3-1-2-4-5(3)9(11)7(4)10(14)6(2)8/h2-9H,1H2/t2-,3-,4+,5?,6-,7+,8-,9-/m0/s1. The van der Waals surface area contributed by atoms with Gasteiger partial charge in [0.1, 0.15) is 10.1 Å². The fourth-order valence-corrected chi connectivity index (χ4v) is 7.23. The Kier molecular flexibility index (Phi) is 0.909. The molecule has 0 aromatic rings. The Labute approximate surface area is 92.1 Å². The van der Waals surface area contributed by atoms with Crippen LogP contribution in [-0.2, 0) is 4.79 Å². The van der Waals surface area contributed by atoms with Crippen molar-refractivity contribution < 1.29 is 4.79 Å². The predicted molar refractivity (Wildman–Crippen MR) is 52.0 cm³/mol. The highest BCUT2D eigenvalue weighted by Crippen LogP contribution is 2.86. The second kappa shape index (κ2) is 1.69. The maximum atomic E-state index is 12.1. The van der Waals surface area contributed by atoms with E-state index < -0.39 is 4.33 Å². The van der Waals surface area contributed by atoms with E-state index in [4.69, 9.17) is 23.2 Å². The van der Waals surface area contributed by atoms with E-state index in [0.29, 0.717) is 35.4 Å². The molecule has 2 bridgehead atoms. The molecule has 1 unspecified atom stereocenters. The number of hydrogen-bond donors (Lipinski definition) is 0. The molecule has 0 radical (unpaired) electrons. The van der Waals surface area contributed by atoms with Crippen molar-refractivity contribution in [3.63, 3.8) is 0 Å². The van der Waals surface area contributed by atoms with Crippen molar-refractivity contribution in [2.24, 2.45) is 47.3 Å². The number of carbonyl (C=O) groups is 1. The second-order valence-corrected chi connectivity index (χ2v) is 7.34. The molecule has 3 heteroatoms. The summed E-state index contributed by atoms with van der Waals surface area (Å²) in [6, 6.07) is 0. The third kappa shape index (κ3) is 0.427. The summed E-state index contributed by atoms with van der Waals surface area (Å²) in [5.74, 6) is 4.55. The monoisotopic (exact) mass is 228 g/mol. The lowest BCUT2D eigenvalue weighted by Crippen LogP contribution is -2.52. The first-order chi connectivity index (χ1) is 6.64. The van der Waals surface area contributed by atoms with Crippen LogP contribution in [0.15, 0.2) is 0 Å². The van der Waals surface area contributed by atoms with Crippen molar-refractivity contribution in [3.8, 4) is 0 Å². The third-order valence-electron chi connectivity index (χ3n) is 6.05. The van der Waals surface area contributed by atoms with Gasteiger partial charge >= 0.3 is 0 Å². The Hall–Kier alpha value is 0.250. The third-order valence-corrected chi connectivity index (χ3v) is 7.06. The average Bonchev–Trinajstić information content (AvgIpc) is 2.52. The molecule has 5 rings (SSSR count). The lowest BCUT2D eigenvalue weighted by molar-refractivity contribution is -0.133. The molecule has 74 valence electrons. The molecule has 1 nitrogen and oxygen atoms in total. The SMILES string of the molecule is O=C1[C@@H]2[C@H]3C4[C@@H]5C[C@@H]3[C@H]1[C@H]5C(Cl)(Cl)[C@@H]42. The predicted octanol–water partition coefficient (Wildman–Crippen LogP) is 2.12. The fraction of sp³-hybridized carbons (Fsp3) is 0.909. The molecule has 0 saturated heterocycles. The minimum Gasteiger partial charge on any atom is -0.299 e. The van der Waals surface area contributed by atoms with Crippen LogP contribution in [0.3, 0.4) is 0 Å². The highest BCUT2D eigenvalue weighted by Gasteiger charge is 2.87. The first kappa shape index (κ1) is 7.51. The van der Waals surface area contributed by atoms with Crippen molar-refractivity contribution >= 4 is 29.0 Å². The number of hydrogen-bond acceptors (Lipinski definition) is 1. The first-order valence-corrected chi connectivity index (χ1v) is 6.31. The maximum absolute atomic E-state index is 12.1. The van der Waals surface area contributed by atoms with E-state index >= 15 is 0 Å². The van der Waals surface area contributed by atoms with Gasteiger partial charge in [0.2, 0.25) is 0 Å². The van der Waals surface area contributed by atoms with Gasteiger partial charge in [-0.2, -0.15) is 0 Å². The van der Waals surface area contributed by atoms with Crippen LogP contribution in [0.2, 0.25) is 0 Å². The van der Waals surface area contributed by atoms with Gasteiger partial charge < -0.3 is 0 Å². The van der Waals surface area contributed by atoms with Crippen LogP contribution >= 0.6 is 23.2 Å². The number of rotatable bonds is 0. The average molecular weight is 229 g/mol. The van der Waals surface area contributed by atoms with E-state index in [1.165, 1.54) is 6.42 Å². The zero-order chi connectivity index (χ0) is 9.40. The van der Waals surface area contributed by atoms with Gasteiger partial charge in [0.15, 0.2) is 0 Å². The van der Waals surface area contributed by atoms with Crippen molar-refractivity contribution in [3.05, 3.63) is 0 Å². The number of halogens is 2. The molecule has 0 heterocycles. The van der Waals surface area contributed by atoms with E-state index in [1.807, 2.05) is 0 Å². The summed E-state index contributed by atoms with van der Waals surface area (Å²) in [5.41, 5.74) is 0. The van der Waals surface area contributed by atoms with Gasteiger partial charge in [0, 0.05) is 23.7 Å². The number of carbonyl (C=O) groups excluding carboxylic acids is 1. The lowest BCUT2D eigenvalue weighted by Gasteiger charge is -2.47.